The van der Waals surface area contributed by atoms with E-state index in [1.54, 1.807) is 18.3 Å². The third kappa shape index (κ3) is 2.48. The van der Waals surface area contributed by atoms with Crippen molar-refractivity contribution in [3.05, 3.63) is 71.4 Å². The fourth-order valence-electron chi connectivity index (χ4n) is 2.33. The zero-order chi connectivity index (χ0) is 15.5. The molecule has 0 aliphatic rings. The highest BCUT2D eigenvalue weighted by molar-refractivity contribution is 6.19. The summed E-state index contributed by atoms with van der Waals surface area (Å²) in [6.45, 7) is 0. The molecule has 0 bridgehead atoms. The van der Waals surface area contributed by atoms with Crippen LogP contribution in [0.5, 0.6) is 5.75 Å². The van der Waals surface area contributed by atoms with E-state index < -0.39 is 0 Å². The number of hydrogen-bond donors (Lipinski definition) is 2. The molecule has 4 heteroatoms. The summed E-state index contributed by atoms with van der Waals surface area (Å²) in [5.41, 5.74) is 1.93. The molecule has 1 heterocycles. The Labute approximate surface area is 126 Å². The largest absolute Gasteiger partial charge is 0.508 e. The van der Waals surface area contributed by atoms with E-state index in [2.05, 4.69) is 4.98 Å². The molecule has 0 aliphatic carbocycles. The lowest BCUT2D eigenvalue weighted by molar-refractivity contribution is 0.104. The van der Waals surface area contributed by atoms with Gasteiger partial charge < -0.3 is 10.1 Å². The fourth-order valence-corrected chi connectivity index (χ4v) is 2.33. The lowest BCUT2D eigenvalue weighted by Gasteiger charge is -1.99. The highest BCUT2D eigenvalue weighted by Gasteiger charge is 2.16. The molecule has 3 rings (SSSR count). The first-order chi connectivity index (χ1) is 10.7. The van der Waals surface area contributed by atoms with E-state index in [-0.39, 0.29) is 17.1 Å². The summed E-state index contributed by atoms with van der Waals surface area (Å²) >= 11 is 0. The standard InChI is InChI=1S/C18H12N2O2/c19-10-13(8-12-4-3-5-14(21)9-12)18(22)16-11-20-17-7-2-1-6-15(16)17/h1-9,11,20-21H. The van der Waals surface area contributed by atoms with E-state index in [0.29, 0.717) is 11.1 Å². The number of hydrogen-bond acceptors (Lipinski definition) is 3. The quantitative estimate of drug-likeness (QED) is 0.438. The number of carbonyl (C=O) groups is 1. The zero-order valence-electron chi connectivity index (χ0n) is 11.6. The van der Waals surface area contributed by atoms with Crippen LogP contribution in [0, 0.1) is 11.3 Å². The number of nitrogens with zero attached hydrogens (tertiary/aromatic N) is 1. The molecule has 0 aliphatic heterocycles. The Morgan fingerprint density at radius 3 is 2.77 bits per heavy atom. The Morgan fingerprint density at radius 2 is 2.00 bits per heavy atom. The van der Waals surface area contributed by atoms with Crippen LogP contribution in [0.3, 0.4) is 0 Å². The molecule has 0 atom stereocenters. The second kappa shape index (κ2) is 5.58. The summed E-state index contributed by atoms with van der Waals surface area (Å²) in [6.07, 6.45) is 3.09. The number of H-pyrrole nitrogens is 1. The number of phenols is 1. The first kappa shape index (κ1) is 13.7. The van der Waals surface area contributed by atoms with E-state index in [1.807, 2.05) is 30.3 Å². The predicted molar refractivity (Wildman–Crippen MR) is 84.3 cm³/mol. The van der Waals surface area contributed by atoms with Crippen LogP contribution in [-0.4, -0.2) is 15.9 Å². The van der Waals surface area contributed by atoms with Crippen molar-refractivity contribution < 1.29 is 9.90 Å². The lowest BCUT2D eigenvalue weighted by atomic mass is 10.0. The third-order valence-corrected chi connectivity index (χ3v) is 3.38. The summed E-state index contributed by atoms with van der Waals surface area (Å²) < 4.78 is 0. The second-order valence-electron chi connectivity index (χ2n) is 4.84. The average molecular weight is 288 g/mol. The van der Waals surface area contributed by atoms with Crippen molar-refractivity contribution in [3.63, 3.8) is 0 Å². The van der Waals surface area contributed by atoms with Gasteiger partial charge >= 0.3 is 0 Å². The van der Waals surface area contributed by atoms with Gasteiger partial charge in [-0.25, -0.2) is 0 Å². The smallest absolute Gasteiger partial charge is 0.205 e. The number of allylic oxidation sites excluding steroid dienone is 1. The van der Waals surface area contributed by atoms with Crippen molar-refractivity contribution in [2.24, 2.45) is 0 Å². The molecular formula is C18H12N2O2. The average Bonchev–Trinajstić information content (AvgIpc) is 2.96. The van der Waals surface area contributed by atoms with Crippen molar-refractivity contribution in [3.8, 4) is 11.8 Å². The molecule has 0 saturated heterocycles. The number of nitriles is 1. The van der Waals surface area contributed by atoms with Gasteiger partial charge in [-0.3, -0.25) is 4.79 Å². The summed E-state index contributed by atoms with van der Waals surface area (Å²) in [6, 6.07) is 15.8. The third-order valence-electron chi connectivity index (χ3n) is 3.38. The Bertz CT molecular complexity index is 929. The molecule has 106 valence electrons. The number of aromatic amines is 1. The summed E-state index contributed by atoms with van der Waals surface area (Å²) in [5.74, 6) is -0.256. The minimum atomic E-state index is -0.344. The van der Waals surface area contributed by atoms with Crippen LogP contribution in [0.15, 0.2) is 60.3 Å². The SMILES string of the molecule is N#CC(=Cc1cccc(O)c1)C(=O)c1c[nH]c2ccccc12. The van der Waals surface area contributed by atoms with Crippen molar-refractivity contribution in [2.75, 3.05) is 0 Å². The van der Waals surface area contributed by atoms with Gasteiger partial charge in [0.1, 0.15) is 17.4 Å². The number of nitrogens with one attached hydrogen (secondary N) is 1. The number of benzene rings is 2. The van der Waals surface area contributed by atoms with Gasteiger partial charge in [0.15, 0.2) is 0 Å². The monoisotopic (exact) mass is 288 g/mol. The Kier molecular flexibility index (Phi) is 3.47. The molecule has 0 radical (unpaired) electrons. The van der Waals surface area contributed by atoms with Gasteiger partial charge in [-0.05, 0) is 29.8 Å². The summed E-state index contributed by atoms with van der Waals surface area (Å²) in [5, 5.41) is 19.5. The number of aromatic hydroxyl groups is 1. The molecule has 2 N–H and O–H groups in total. The molecule has 0 unspecified atom stereocenters. The lowest BCUT2D eigenvalue weighted by Crippen LogP contribution is -2.01. The first-order valence-electron chi connectivity index (χ1n) is 6.70. The van der Waals surface area contributed by atoms with Crippen LogP contribution in [0.25, 0.3) is 17.0 Å². The molecule has 0 spiro atoms. The van der Waals surface area contributed by atoms with E-state index in [0.717, 1.165) is 10.9 Å². The maximum absolute atomic E-state index is 12.6. The van der Waals surface area contributed by atoms with Gasteiger partial charge in [0.05, 0.1) is 0 Å². The number of phenolic OH excluding ortho intramolecular Hbond substituents is 1. The molecule has 1 aromatic heterocycles. The van der Waals surface area contributed by atoms with Gasteiger partial charge in [-0.2, -0.15) is 5.26 Å². The van der Waals surface area contributed by atoms with E-state index in [4.69, 9.17) is 0 Å². The zero-order valence-corrected chi connectivity index (χ0v) is 11.6. The van der Waals surface area contributed by atoms with Crippen LogP contribution in [0.2, 0.25) is 0 Å². The highest BCUT2D eigenvalue weighted by atomic mass is 16.3. The van der Waals surface area contributed by atoms with Crippen molar-refractivity contribution in [1.82, 2.24) is 4.98 Å². The van der Waals surface area contributed by atoms with E-state index in [9.17, 15) is 15.2 Å². The van der Waals surface area contributed by atoms with Crippen LogP contribution in [-0.2, 0) is 0 Å². The van der Waals surface area contributed by atoms with Gasteiger partial charge in [0.25, 0.3) is 0 Å². The maximum Gasteiger partial charge on any atom is 0.205 e. The number of para-hydroxylation sites is 1. The Morgan fingerprint density at radius 1 is 1.18 bits per heavy atom. The minimum absolute atomic E-state index is 0.0235. The predicted octanol–water partition coefficient (Wildman–Crippen LogP) is 3.66. The molecule has 0 fully saturated rings. The Balaban J connectivity index is 2.04. The second-order valence-corrected chi connectivity index (χ2v) is 4.84. The number of carbonyl (C=O) groups excluding carboxylic acids is 1. The van der Waals surface area contributed by atoms with Crippen LogP contribution < -0.4 is 0 Å². The van der Waals surface area contributed by atoms with Gasteiger partial charge in [-0.1, -0.05) is 30.3 Å². The van der Waals surface area contributed by atoms with Gasteiger partial charge in [0, 0.05) is 22.7 Å². The maximum atomic E-state index is 12.6. The molecule has 0 amide bonds. The van der Waals surface area contributed by atoms with Crippen LogP contribution in [0.4, 0.5) is 0 Å². The molecule has 4 nitrogen and oxygen atoms in total. The van der Waals surface area contributed by atoms with Crippen molar-refractivity contribution in [1.29, 1.82) is 5.26 Å². The molecule has 3 aromatic rings. The molecule has 22 heavy (non-hydrogen) atoms. The molecule has 0 saturated carbocycles. The topological polar surface area (TPSA) is 76.9 Å². The van der Waals surface area contributed by atoms with Gasteiger partial charge in [-0.15, -0.1) is 0 Å². The normalized spacial score (nSPS) is 11.3. The molecular weight excluding hydrogens is 276 g/mol. The van der Waals surface area contributed by atoms with Crippen molar-refractivity contribution >= 4 is 22.8 Å². The summed E-state index contributed by atoms with van der Waals surface area (Å²) in [4.78, 5) is 15.6. The Hall–Kier alpha value is -3.32. The van der Waals surface area contributed by atoms with E-state index >= 15 is 0 Å². The number of rotatable bonds is 3. The van der Waals surface area contributed by atoms with Gasteiger partial charge in [0.2, 0.25) is 5.78 Å². The van der Waals surface area contributed by atoms with Crippen molar-refractivity contribution in [2.45, 2.75) is 0 Å². The van der Waals surface area contributed by atoms with E-state index in [1.165, 1.54) is 18.2 Å². The number of fused-ring (bicyclic) bond motifs is 1. The fraction of sp³-hybridized carbons (Fsp3) is 0. The summed E-state index contributed by atoms with van der Waals surface area (Å²) in [7, 11) is 0. The highest BCUT2D eigenvalue weighted by Crippen LogP contribution is 2.22. The molecule has 2 aromatic carbocycles. The number of aromatic nitrogens is 1. The number of ketones is 1. The van der Waals surface area contributed by atoms with Crippen LogP contribution >= 0.6 is 0 Å². The first-order valence-corrected chi connectivity index (χ1v) is 6.70. The minimum Gasteiger partial charge on any atom is -0.508 e. The number of Topliss-reactive ketones (excluding diaryl/α,β-unsaturated/α-hetero) is 1. The van der Waals surface area contributed by atoms with Crippen LogP contribution in [0.1, 0.15) is 15.9 Å².